The molecule has 0 aliphatic rings. The van der Waals surface area contributed by atoms with Gasteiger partial charge in [0, 0.05) is 6.04 Å². The van der Waals surface area contributed by atoms with Crippen LogP contribution in [0.2, 0.25) is 0 Å². The van der Waals surface area contributed by atoms with E-state index in [0.717, 1.165) is 6.42 Å². The molecule has 3 nitrogen and oxygen atoms in total. The first-order valence-corrected chi connectivity index (χ1v) is 5.53. The van der Waals surface area contributed by atoms with Gasteiger partial charge in [-0.1, -0.05) is 39.5 Å². The lowest BCUT2D eigenvalue weighted by Gasteiger charge is -2.15. The predicted molar refractivity (Wildman–Crippen MR) is 58.2 cm³/mol. The number of unbranched alkanes of at least 4 members (excludes halogenated alkanes) is 2. The monoisotopic (exact) mass is 201 g/mol. The van der Waals surface area contributed by atoms with Crippen LogP contribution in [-0.4, -0.2) is 17.1 Å². The van der Waals surface area contributed by atoms with E-state index in [4.69, 9.17) is 10.8 Å². The Bertz CT molecular complexity index is 159. The van der Waals surface area contributed by atoms with Crippen LogP contribution in [0.25, 0.3) is 0 Å². The predicted octanol–water partition coefficient (Wildman–Crippen LogP) is 2.39. The summed E-state index contributed by atoms with van der Waals surface area (Å²) in [4.78, 5) is 10.4. The Balaban J connectivity index is 3.49. The van der Waals surface area contributed by atoms with Gasteiger partial charge in [-0.05, 0) is 12.3 Å². The average Bonchev–Trinajstić information content (AvgIpc) is 2.02. The van der Waals surface area contributed by atoms with Crippen LogP contribution in [0.1, 0.15) is 52.4 Å². The summed E-state index contributed by atoms with van der Waals surface area (Å²) >= 11 is 0. The zero-order valence-electron chi connectivity index (χ0n) is 9.33. The third-order valence-electron chi connectivity index (χ3n) is 2.44. The normalized spacial score (nSPS) is 15.1. The smallest absolute Gasteiger partial charge is 0.304 e. The van der Waals surface area contributed by atoms with Crippen LogP contribution in [0.5, 0.6) is 0 Å². The summed E-state index contributed by atoms with van der Waals surface area (Å²) in [6, 6.07) is -0.177. The van der Waals surface area contributed by atoms with Gasteiger partial charge in [0.25, 0.3) is 0 Å². The molecule has 0 radical (unpaired) electrons. The summed E-state index contributed by atoms with van der Waals surface area (Å²) < 4.78 is 0. The Kier molecular flexibility index (Phi) is 7.48. The molecular weight excluding hydrogens is 178 g/mol. The van der Waals surface area contributed by atoms with Crippen molar-refractivity contribution < 1.29 is 9.90 Å². The molecule has 0 fully saturated rings. The molecule has 0 saturated carbocycles. The van der Waals surface area contributed by atoms with Crippen LogP contribution in [0.15, 0.2) is 0 Å². The van der Waals surface area contributed by atoms with Crippen LogP contribution in [0.4, 0.5) is 0 Å². The molecule has 0 heterocycles. The molecule has 3 N–H and O–H groups in total. The van der Waals surface area contributed by atoms with Gasteiger partial charge in [0.1, 0.15) is 0 Å². The lowest BCUT2D eigenvalue weighted by atomic mass is 9.95. The SMILES string of the molecule is CCCCC[C@H](C)C[C@H](N)CC(=O)O. The van der Waals surface area contributed by atoms with E-state index >= 15 is 0 Å². The minimum atomic E-state index is -0.793. The van der Waals surface area contributed by atoms with E-state index in [-0.39, 0.29) is 12.5 Å². The molecule has 0 aromatic heterocycles. The number of rotatable bonds is 8. The highest BCUT2D eigenvalue weighted by Gasteiger charge is 2.11. The fourth-order valence-corrected chi connectivity index (χ4v) is 1.69. The van der Waals surface area contributed by atoms with E-state index in [9.17, 15) is 4.79 Å². The van der Waals surface area contributed by atoms with Crippen molar-refractivity contribution in [3.63, 3.8) is 0 Å². The highest BCUT2D eigenvalue weighted by molar-refractivity contribution is 5.67. The Morgan fingerprint density at radius 1 is 1.43 bits per heavy atom. The zero-order valence-corrected chi connectivity index (χ0v) is 9.33. The summed E-state index contributed by atoms with van der Waals surface area (Å²) in [7, 11) is 0. The van der Waals surface area contributed by atoms with E-state index in [1.165, 1.54) is 25.7 Å². The second-order valence-electron chi connectivity index (χ2n) is 4.19. The van der Waals surface area contributed by atoms with Crippen LogP contribution < -0.4 is 5.73 Å². The lowest BCUT2D eigenvalue weighted by Crippen LogP contribution is -2.25. The van der Waals surface area contributed by atoms with Crippen molar-refractivity contribution in [2.75, 3.05) is 0 Å². The molecule has 0 aromatic rings. The number of hydrogen-bond donors (Lipinski definition) is 2. The average molecular weight is 201 g/mol. The minimum absolute atomic E-state index is 0.0954. The van der Waals surface area contributed by atoms with Crippen LogP contribution in [-0.2, 0) is 4.79 Å². The van der Waals surface area contributed by atoms with Crippen LogP contribution in [0.3, 0.4) is 0 Å². The van der Waals surface area contributed by atoms with Gasteiger partial charge < -0.3 is 10.8 Å². The summed E-state index contributed by atoms with van der Waals surface area (Å²) in [6.07, 6.45) is 5.82. The number of carbonyl (C=O) groups is 1. The van der Waals surface area contributed by atoms with Crippen molar-refractivity contribution in [2.24, 2.45) is 11.7 Å². The maximum atomic E-state index is 10.4. The number of nitrogens with two attached hydrogens (primary N) is 1. The first-order chi connectivity index (χ1) is 6.56. The standard InChI is InChI=1S/C11H23NO2/c1-3-4-5-6-9(2)7-10(12)8-11(13)14/h9-10H,3-8,12H2,1-2H3,(H,13,14)/t9-,10-/m0/s1. The Labute approximate surface area is 86.7 Å². The summed E-state index contributed by atoms with van der Waals surface area (Å²) in [5, 5.41) is 8.53. The first kappa shape index (κ1) is 13.4. The van der Waals surface area contributed by atoms with Gasteiger partial charge in [-0.25, -0.2) is 0 Å². The van der Waals surface area contributed by atoms with Crippen LogP contribution >= 0.6 is 0 Å². The summed E-state index contributed by atoms with van der Waals surface area (Å²) in [5.74, 6) is -0.242. The number of hydrogen-bond acceptors (Lipinski definition) is 2. The largest absolute Gasteiger partial charge is 0.481 e. The number of carboxylic acids is 1. The molecular formula is C11H23NO2. The molecule has 3 heteroatoms. The van der Waals surface area contributed by atoms with Gasteiger partial charge in [-0.15, -0.1) is 0 Å². The minimum Gasteiger partial charge on any atom is -0.481 e. The van der Waals surface area contributed by atoms with Gasteiger partial charge in [0.05, 0.1) is 6.42 Å². The fraction of sp³-hybridized carbons (Fsp3) is 0.909. The highest BCUT2D eigenvalue weighted by Crippen LogP contribution is 2.15. The zero-order chi connectivity index (χ0) is 11.0. The molecule has 0 spiro atoms. The van der Waals surface area contributed by atoms with Crippen LogP contribution in [0, 0.1) is 5.92 Å². The quantitative estimate of drug-likeness (QED) is 0.593. The second kappa shape index (κ2) is 7.80. The van der Waals surface area contributed by atoms with Crippen molar-refractivity contribution in [1.82, 2.24) is 0 Å². The van der Waals surface area contributed by atoms with E-state index in [1.807, 2.05) is 0 Å². The topological polar surface area (TPSA) is 63.3 Å². The lowest BCUT2D eigenvalue weighted by molar-refractivity contribution is -0.137. The molecule has 0 aliphatic carbocycles. The molecule has 0 saturated heterocycles. The van der Waals surface area contributed by atoms with E-state index in [2.05, 4.69) is 13.8 Å². The first-order valence-electron chi connectivity index (χ1n) is 5.53. The van der Waals surface area contributed by atoms with E-state index in [0.29, 0.717) is 5.92 Å². The Morgan fingerprint density at radius 2 is 2.07 bits per heavy atom. The molecule has 14 heavy (non-hydrogen) atoms. The van der Waals surface area contributed by atoms with E-state index < -0.39 is 5.97 Å². The molecule has 0 rings (SSSR count). The Hall–Kier alpha value is -0.570. The van der Waals surface area contributed by atoms with Gasteiger partial charge in [0.2, 0.25) is 0 Å². The second-order valence-corrected chi connectivity index (χ2v) is 4.19. The van der Waals surface area contributed by atoms with Gasteiger partial charge >= 0.3 is 5.97 Å². The van der Waals surface area contributed by atoms with Gasteiger partial charge in [-0.3, -0.25) is 4.79 Å². The van der Waals surface area contributed by atoms with Crippen molar-refractivity contribution in [1.29, 1.82) is 0 Å². The molecule has 0 bridgehead atoms. The summed E-state index contributed by atoms with van der Waals surface area (Å²) in [5.41, 5.74) is 5.70. The Morgan fingerprint density at radius 3 is 2.57 bits per heavy atom. The highest BCUT2D eigenvalue weighted by atomic mass is 16.4. The van der Waals surface area contributed by atoms with Crippen molar-refractivity contribution in [3.05, 3.63) is 0 Å². The third-order valence-corrected chi connectivity index (χ3v) is 2.44. The third kappa shape index (κ3) is 8.05. The maximum absolute atomic E-state index is 10.4. The van der Waals surface area contributed by atoms with Crippen molar-refractivity contribution >= 4 is 5.97 Å². The fourth-order valence-electron chi connectivity index (χ4n) is 1.69. The number of carboxylic acid groups (broad SMARTS) is 1. The van der Waals surface area contributed by atoms with Crippen molar-refractivity contribution in [2.45, 2.75) is 58.4 Å². The number of aliphatic carboxylic acids is 1. The molecule has 0 unspecified atom stereocenters. The summed E-state index contributed by atoms with van der Waals surface area (Å²) in [6.45, 7) is 4.33. The molecule has 0 amide bonds. The molecule has 2 atom stereocenters. The maximum Gasteiger partial charge on any atom is 0.304 e. The van der Waals surface area contributed by atoms with E-state index in [1.54, 1.807) is 0 Å². The molecule has 84 valence electrons. The van der Waals surface area contributed by atoms with Crippen molar-refractivity contribution in [3.8, 4) is 0 Å². The van der Waals surface area contributed by atoms with Gasteiger partial charge in [-0.2, -0.15) is 0 Å². The molecule has 0 aromatic carbocycles. The molecule has 0 aliphatic heterocycles. The van der Waals surface area contributed by atoms with Gasteiger partial charge in [0.15, 0.2) is 0 Å².